The fourth-order valence-corrected chi connectivity index (χ4v) is 2.83. The molecule has 0 saturated heterocycles. The second kappa shape index (κ2) is 5.56. The monoisotopic (exact) mass is 296 g/mol. The molecule has 0 bridgehead atoms. The molecule has 0 spiro atoms. The van der Waals surface area contributed by atoms with Crippen LogP contribution < -0.4 is 0 Å². The van der Waals surface area contributed by atoms with Gasteiger partial charge in [0.15, 0.2) is 0 Å². The van der Waals surface area contributed by atoms with Crippen LogP contribution in [-0.4, -0.2) is 9.55 Å². The summed E-state index contributed by atoms with van der Waals surface area (Å²) in [6.45, 7) is 6.35. The van der Waals surface area contributed by atoms with E-state index in [9.17, 15) is 0 Å². The molecule has 0 aliphatic rings. The molecule has 0 fully saturated rings. The molecule has 0 radical (unpaired) electrons. The van der Waals surface area contributed by atoms with Crippen molar-refractivity contribution >= 4 is 23.2 Å². The summed E-state index contributed by atoms with van der Waals surface area (Å²) in [7, 11) is 2.05. The Bertz CT molecular complexity index is 580. The molecule has 0 aliphatic carbocycles. The molecule has 0 saturated carbocycles. The molecule has 2 rings (SSSR count). The maximum atomic E-state index is 6.06. The van der Waals surface area contributed by atoms with Crippen LogP contribution in [0.1, 0.15) is 42.5 Å². The normalized spacial score (nSPS) is 11.3. The standard InChI is InChI=1S/C15H18Cl2N2/c1-9(2)15-14(19(4)10(3)18-15)7-11-5-12(16)8-13(17)6-11/h5-6,8-9H,7H2,1-4H3. The van der Waals surface area contributed by atoms with Crippen LogP contribution in [-0.2, 0) is 13.5 Å². The first-order chi connectivity index (χ1) is 8.88. The molecule has 2 aromatic rings. The Morgan fingerprint density at radius 2 is 1.74 bits per heavy atom. The lowest BCUT2D eigenvalue weighted by Gasteiger charge is -2.10. The molecule has 0 aliphatic heterocycles. The number of hydrogen-bond donors (Lipinski definition) is 0. The van der Waals surface area contributed by atoms with Gasteiger partial charge in [0.1, 0.15) is 5.82 Å². The molecule has 102 valence electrons. The van der Waals surface area contributed by atoms with E-state index in [4.69, 9.17) is 23.2 Å². The van der Waals surface area contributed by atoms with E-state index >= 15 is 0 Å². The van der Waals surface area contributed by atoms with E-state index < -0.39 is 0 Å². The Balaban J connectivity index is 2.42. The SMILES string of the molecule is Cc1nc(C(C)C)c(Cc2cc(Cl)cc(Cl)c2)n1C. The zero-order chi connectivity index (χ0) is 14.2. The van der Waals surface area contributed by atoms with E-state index in [0.717, 1.165) is 23.5 Å². The topological polar surface area (TPSA) is 17.8 Å². The Kier molecular flexibility index (Phi) is 4.22. The largest absolute Gasteiger partial charge is 0.335 e. The number of nitrogens with zero attached hydrogens (tertiary/aromatic N) is 2. The molecule has 0 N–H and O–H groups in total. The average Bonchev–Trinajstić information content (AvgIpc) is 2.56. The molecule has 0 unspecified atom stereocenters. The van der Waals surface area contributed by atoms with Crippen LogP contribution in [0.3, 0.4) is 0 Å². The first-order valence-electron chi connectivity index (χ1n) is 6.35. The van der Waals surface area contributed by atoms with Crippen LogP contribution in [0, 0.1) is 6.92 Å². The van der Waals surface area contributed by atoms with Gasteiger partial charge in [-0.05, 0) is 36.6 Å². The zero-order valence-electron chi connectivity index (χ0n) is 11.7. The van der Waals surface area contributed by atoms with Crippen molar-refractivity contribution in [2.45, 2.75) is 33.1 Å². The van der Waals surface area contributed by atoms with E-state index in [2.05, 4.69) is 30.4 Å². The molecule has 0 amide bonds. The molecule has 2 nitrogen and oxygen atoms in total. The summed E-state index contributed by atoms with van der Waals surface area (Å²) in [5.41, 5.74) is 3.49. The van der Waals surface area contributed by atoms with Crippen molar-refractivity contribution < 1.29 is 0 Å². The van der Waals surface area contributed by atoms with Crippen LogP contribution in [0.5, 0.6) is 0 Å². The lowest BCUT2D eigenvalue weighted by molar-refractivity contribution is 0.781. The first kappa shape index (κ1) is 14.4. The number of benzene rings is 1. The van der Waals surface area contributed by atoms with Gasteiger partial charge in [-0.2, -0.15) is 0 Å². The lowest BCUT2D eigenvalue weighted by Crippen LogP contribution is -2.03. The molecular formula is C15H18Cl2N2. The van der Waals surface area contributed by atoms with E-state index in [-0.39, 0.29) is 0 Å². The van der Waals surface area contributed by atoms with Crippen LogP contribution in [0.2, 0.25) is 10.0 Å². The number of imidazole rings is 1. The van der Waals surface area contributed by atoms with E-state index in [1.165, 1.54) is 5.69 Å². The van der Waals surface area contributed by atoms with Crippen molar-refractivity contribution in [2.75, 3.05) is 0 Å². The van der Waals surface area contributed by atoms with Gasteiger partial charge in [-0.15, -0.1) is 0 Å². The summed E-state index contributed by atoms with van der Waals surface area (Å²) in [6, 6.07) is 5.67. The van der Waals surface area contributed by atoms with Crippen LogP contribution in [0.25, 0.3) is 0 Å². The van der Waals surface area contributed by atoms with Crippen molar-refractivity contribution in [1.29, 1.82) is 0 Å². The number of hydrogen-bond acceptors (Lipinski definition) is 1. The van der Waals surface area contributed by atoms with Crippen molar-refractivity contribution in [3.05, 3.63) is 51.0 Å². The van der Waals surface area contributed by atoms with Crippen molar-refractivity contribution in [3.8, 4) is 0 Å². The predicted molar refractivity (Wildman–Crippen MR) is 81.3 cm³/mol. The molecule has 19 heavy (non-hydrogen) atoms. The fraction of sp³-hybridized carbons (Fsp3) is 0.400. The fourth-order valence-electron chi connectivity index (χ4n) is 2.26. The van der Waals surface area contributed by atoms with Gasteiger partial charge in [-0.25, -0.2) is 4.98 Å². The highest BCUT2D eigenvalue weighted by molar-refractivity contribution is 6.34. The number of aryl methyl sites for hydroxylation is 1. The summed E-state index contributed by atoms with van der Waals surface area (Å²) in [4.78, 5) is 4.65. The minimum absolute atomic E-state index is 0.407. The van der Waals surface area contributed by atoms with Gasteiger partial charge in [0.2, 0.25) is 0 Å². The van der Waals surface area contributed by atoms with Gasteiger partial charge in [-0.3, -0.25) is 0 Å². The summed E-state index contributed by atoms with van der Waals surface area (Å²) >= 11 is 12.1. The quantitative estimate of drug-likeness (QED) is 0.799. The highest BCUT2D eigenvalue weighted by Gasteiger charge is 2.15. The summed E-state index contributed by atoms with van der Waals surface area (Å²) < 4.78 is 2.14. The van der Waals surface area contributed by atoms with E-state index in [1.54, 1.807) is 6.07 Å². The Morgan fingerprint density at radius 3 is 2.26 bits per heavy atom. The molecule has 1 heterocycles. The van der Waals surface area contributed by atoms with Crippen LogP contribution in [0.4, 0.5) is 0 Å². The third-order valence-corrected chi connectivity index (χ3v) is 3.75. The third-order valence-electron chi connectivity index (χ3n) is 3.31. The molecule has 4 heteroatoms. The highest BCUT2D eigenvalue weighted by atomic mass is 35.5. The van der Waals surface area contributed by atoms with Gasteiger partial charge in [0.25, 0.3) is 0 Å². The van der Waals surface area contributed by atoms with E-state index in [1.807, 2.05) is 19.1 Å². The first-order valence-corrected chi connectivity index (χ1v) is 7.11. The Labute approximate surface area is 124 Å². The second-order valence-electron chi connectivity index (χ2n) is 5.16. The number of rotatable bonds is 3. The lowest BCUT2D eigenvalue weighted by atomic mass is 10.0. The van der Waals surface area contributed by atoms with Crippen molar-refractivity contribution in [1.82, 2.24) is 9.55 Å². The second-order valence-corrected chi connectivity index (χ2v) is 6.03. The smallest absolute Gasteiger partial charge is 0.105 e. The maximum Gasteiger partial charge on any atom is 0.105 e. The average molecular weight is 297 g/mol. The highest BCUT2D eigenvalue weighted by Crippen LogP contribution is 2.25. The predicted octanol–water partition coefficient (Wildman–Crippen LogP) is 4.75. The molecular weight excluding hydrogens is 279 g/mol. The number of aromatic nitrogens is 2. The maximum absolute atomic E-state index is 6.06. The zero-order valence-corrected chi connectivity index (χ0v) is 13.2. The molecule has 1 aromatic heterocycles. The van der Waals surface area contributed by atoms with Gasteiger partial charge < -0.3 is 4.57 Å². The summed E-state index contributed by atoms with van der Waals surface area (Å²) in [5.74, 6) is 1.44. The van der Waals surface area contributed by atoms with Gasteiger partial charge in [0, 0.05) is 29.2 Å². The van der Waals surface area contributed by atoms with Crippen molar-refractivity contribution in [3.63, 3.8) is 0 Å². The van der Waals surface area contributed by atoms with Gasteiger partial charge in [-0.1, -0.05) is 37.0 Å². The third kappa shape index (κ3) is 3.13. The summed E-state index contributed by atoms with van der Waals surface area (Å²) in [5, 5.41) is 1.35. The van der Waals surface area contributed by atoms with Crippen LogP contribution >= 0.6 is 23.2 Å². The number of halogens is 2. The van der Waals surface area contributed by atoms with Gasteiger partial charge >= 0.3 is 0 Å². The minimum Gasteiger partial charge on any atom is -0.335 e. The minimum atomic E-state index is 0.407. The van der Waals surface area contributed by atoms with E-state index in [0.29, 0.717) is 16.0 Å². The van der Waals surface area contributed by atoms with Gasteiger partial charge in [0.05, 0.1) is 5.69 Å². The Morgan fingerprint density at radius 1 is 1.16 bits per heavy atom. The molecule has 0 atom stereocenters. The molecule has 1 aromatic carbocycles. The van der Waals surface area contributed by atoms with Crippen molar-refractivity contribution in [2.24, 2.45) is 7.05 Å². The van der Waals surface area contributed by atoms with Crippen LogP contribution in [0.15, 0.2) is 18.2 Å². The summed E-state index contributed by atoms with van der Waals surface area (Å²) in [6.07, 6.45) is 0.797. The Hall–Kier alpha value is -0.990.